The van der Waals surface area contributed by atoms with Crippen molar-refractivity contribution in [3.63, 3.8) is 0 Å². The molecule has 6 nitrogen and oxygen atoms in total. The smallest absolute Gasteiger partial charge is 0.231 e. The third kappa shape index (κ3) is 2.10. The highest BCUT2D eigenvalue weighted by Gasteiger charge is 2.44. The topological polar surface area (TPSA) is 66.4 Å². The first-order chi connectivity index (χ1) is 13.0. The van der Waals surface area contributed by atoms with Crippen molar-refractivity contribution in [2.24, 2.45) is 0 Å². The van der Waals surface area contributed by atoms with Gasteiger partial charge in [-0.15, -0.1) is 0 Å². The van der Waals surface area contributed by atoms with E-state index in [1.165, 1.54) is 0 Å². The highest BCUT2D eigenvalue weighted by molar-refractivity contribution is 5.58. The lowest BCUT2D eigenvalue weighted by Gasteiger charge is -2.38. The van der Waals surface area contributed by atoms with Gasteiger partial charge in [0.25, 0.3) is 0 Å². The van der Waals surface area contributed by atoms with Gasteiger partial charge in [-0.1, -0.05) is 0 Å². The Bertz CT molecular complexity index is 966. The van der Waals surface area contributed by atoms with Crippen LogP contribution in [0.5, 0.6) is 28.7 Å². The van der Waals surface area contributed by atoms with Crippen LogP contribution in [0.2, 0.25) is 0 Å². The summed E-state index contributed by atoms with van der Waals surface area (Å²) in [6.07, 6.45) is -0.124. The normalized spacial score (nSPS) is 28.0. The number of aliphatic hydroxyl groups is 1. The van der Waals surface area contributed by atoms with Crippen molar-refractivity contribution >= 4 is 0 Å². The lowest BCUT2D eigenvalue weighted by molar-refractivity contribution is -0.0415. The maximum atomic E-state index is 10.4. The summed E-state index contributed by atoms with van der Waals surface area (Å²) in [6, 6.07) is 7.91. The van der Waals surface area contributed by atoms with E-state index in [1.807, 2.05) is 32.0 Å². The molecule has 6 rings (SSSR count). The lowest BCUT2D eigenvalue weighted by atomic mass is 9.85. The molecule has 4 aliphatic heterocycles. The predicted molar refractivity (Wildman–Crippen MR) is 95.0 cm³/mol. The monoisotopic (exact) mass is 368 g/mol. The van der Waals surface area contributed by atoms with E-state index in [0.717, 1.165) is 45.4 Å². The van der Waals surface area contributed by atoms with Crippen LogP contribution in [0, 0.1) is 0 Å². The van der Waals surface area contributed by atoms with Crippen LogP contribution < -0.4 is 23.7 Å². The Morgan fingerprint density at radius 3 is 2.52 bits per heavy atom. The Balaban J connectivity index is 1.41. The zero-order chi connectivity index (χ0) is 18.3. The molecule has 140 valence electrons. The highest BCUT2D eigenvalue weighted by atomic mass is 16.7. The van der Waals surface area contributed by atoms with Gasteiger partial charge in [0, 0.05) is 29.7 Å². The van der Waals surface area contributed by atoms with Crippen LogP contribution in [-0.4, -0.2) is 30.2 Å². The van der Waals surface area contributed by atoms with Crippen molar-refractivity contribution in [3.8, 4) is 28.7 Å². The first-order valence-corrected chi connectivity index (χ1v) is 9.26. The molecule has 3 unspecified atom stereocenters. The van der Waals surface area contributed by atoms with Crippen LogP contribution in [0.1, 0.15) is 42.6 Å². The zero-order valence-corrected chi connectivity index (χ0v) is 15.2. The Morgan fingerprint density at radius 1 is 0.889 bits per heavy atom. The quantitative estimate of drug-likeness (QED) is 0.771. The highest BCUT2D eigenvalue weighted by Crippen LogP contribution is 2.55. The fourth-order valence-corrected chi connectivity index (χ4v) is 4.38. The second kappa shape index (κ2) is 5.01. The average molecular weight is 368 g/mol. The third-order valence-corrected chi connectivity index (χ3v) is 6.03. The SMILES string of the molecule is CC1(C)Oc2cc3c(cc2CC1O)C1Oc2cc4c(cc2C1CO3)OCO4. The average Bonchev–Trinajstić information content (AvgIpc) is 3.22. The Labute approximate surface area is 156 Å². The molecule has 0 amide bonds. The van der Waals surface area contributed by atoms with Gasteiger partial charge in [0.1, 0.15) is 29.0 Å². The Hall–Kier alpha value is -2.60. The van der Waals surface area contributed by atoms with Crippen molar-refractivity contribution in [2.75, 3.05) is 13.4 Å². The minimum atomic E-state index is -0.612. The summed E-state index contributed by atoms with van der Waals surface area (Å²) in [5, 5.41) is 10.4. The molecule has 4 heterocycles. The fourth-order valence-electron chi connectivity index (χ4n) is 4.38. The molecule has 6 heteroatoms. The fraction of sp³-hybridized carbons (Fsp3) is 0.429. The van der Waals surface area contributed by atoms with E-state index in [9.17, 15) is 5.11 Å². The molecule has 1 N–H and O–H groups in total. The number of hydrogen-bond acceptors (Lipinski definition) is 6. The first kappa shape index (κ1) is 15.5. The summed E-state index contributed by atoms with van der Waals surface area (Å²) in [4.78, 5) is 0. The number of rotatable bonds is 0. The third-order valence-electron chi connectivity index (χ3n) is 6.03. The van der Waals surface area contributed by atoms with Crippen LogP contribution in [0.25, 0.3) is 0 Å². The second-order valence-electron chi connectivity index (χ2n) is 8.12. The maximum Gasteiger partial charge on any atom is 0.231 e. The van der Waals surface area contributed by atoms with E-state index >= 15 is 0 Å². The van der Waals surface area contributed by atoms with Gasteiger partial charge < -0.3 is 28.8 Å². The second-order valence-corrected chi connectivity index (χ2v) is 8.12. The number of ether oxygens (including phenoxy) is 5. The van der Waals surface area contributed by atoms with Crippen LogP contribution >= 0.6 is 0 Å². The van der Waals surface area contributed by atoms with E-state index in [4.69, 9.17) is 23.7 Å². The summed E-state index contributed by atoms with van der Waals surface area (Å²) in [7, 11) is 0. The van der Waals surface area contributed by atoms with Gasteiger partial charge in [0.2, 0.25) is 6.79 Å². The Kier molecular flexibility index (Phi) is 2.87. The minimum Gasteiger partial charge on any atom is -0.492 e. The molecule has 27 heavy (non-hydrogen) atoms. The van der Waals surface area contributed by atoms with E-state index in [0.29, 0.717) is 13.0 Å². The predicted octanol–water partition coefficient (Wildman–Crippen LogP) is 3.10. The van der Waals surface area contributed by atoms with Gasteiger partial charge in [-0.3, -0.25) is 0 Å². The van der Waals surface area contributed by atoms with Gasteiger partial charge in [-0.2, -0.15) is 0 Å². The largest absolute Gasteiger partial charge is 0.492 e. The molecule has 2 aromatic rings. The van der Waals surface area contributed by atoms with Crippen molar-refractivity contribution in [3.05, 3.63) is 41.0 Å². The summed E-state index contributed by atoms with van der Waals surface area (Å²) >= 11 is 0. The molecule has 0 fully saturated rings. The lowest BCUT2D eigenvalue weighted by Crippen LogP contribution is -2.46. The van der Waals surface area contributed by atoms with Crippen LogP contribution in [-0.2, 0) is 6.42 Å². The molecule has 0 bridgehead atoms. The number of benzene rings is 2. The standard InChI is InChI=1S/C21H20O6/c1-21(2)19(22)4-10-3-12-15(6-14(10)27-21)23-8-13-11-5-17-18(25-9-24-17)7-16(11)26-20(12)13/h3,5-7,13,19-20,22H,4,8-9H2,1-2H3. The molecule has 3 atom stereocenters. The van der Waals surface area contributed by atoms with Gasteiger partial charge in [0.05, 0.1) is 18.6 Å². The van der Waals surface area contributed by atoms with E-state index in [2.05, 4.69) is 6.07 Å². The number of aliphatic hydroxyl groups excluding tert-OH is 1. The number of fused-ring (bicyclic) bond motifs is 7. The van der Waals surface area contributed by atoms with E-state index in [-0.39, 0.29) is 18.8 Å². The van der Waals surface area contributed by atoms with Crippen LogP contribution in [0.4, 0.5) is 0 Å². The molecule has 0 spiro atoms. The molecule has 0 aromatic heterocycles. The molecule has 2 aromatic carbocycles. The van der Waals surface area contributed by atoms with Crippen LogP contribution in [0.3, 0.4) is 0 Å². The minimum absolute atomic E-state index is 0.103. The number of hydrogen-bond donors (Lipinski definition) is 1. The molecular formula is C21H20O6. The van der Waals surface area contributed by atoms with Gasteiger partial charge in [-0.25, -0.2) is 0 Å². The summed E-state index contributed by atoms with van der Waals surface area (Å²) in [6.45, 7) is 4.58. The molecule has 0 radical (unpaired) electrons. The summed E-state index contributed by atoms with van der Waals surface area (Å²) < 4.78 is 29.4. The first-order valence-electron chi connectivity index (χ1n) is 9.26. The van der Waals surface area contributed by atoms with Gasteiger partial charge >= 0.3 is 0 Å². The molecular weight excluding hydrogens is 348 g/mol. The van der Waals surface area contributed by atoms with Crippen LogP contribution in [0.15, 0.2) is 24.3 Å². The van der Waals surface area contributed by atoms with Gasteiger partial charge in [0.15, 0.2) is 11.5 Å². The molecule has 0 saturated heterocycles. The summed E-state index contributed by atoms with van der Waals surface area (Å²) in [5.74, 6) is 3.96. The summed E-state index contributed by atoms with van der Waals surface area (Å²) in [5.41, 5.74) is 2.46. The molecule has 0 saturated carbocycles. The van der Waals surface area contributed by atoms with Crippen molar-refractivity contribution < 1.29 is 28.8 Å². The van der Waals surface area contributed by atoms with E-state index in [1.54, 1.807) is 0 Å². The molecule has 0 aliphatic carbocycles. The van der Waals surface area contributed by atoms with Crippen molar-refractivity contribution in [2.45, 2.75) is 44.0 Å². The maximum absolute atomic E-state index is 10.4. The molecule has 4 aliphatic rings. The zero-order valence-electron chi connectivity index (χ0n) is 15.2. The van der Waals surface area contributed by atoms with E-state index < -0.39 is 11.7 Å². The van der Waals surface area contributed by atoms with Gasteiger partial charge in [-0.05, 0) is 31.5 Å². The van der Waals surface area contributed by atoms with Crippen molar-refractivity contribution in [1.82, 2.24) is 0 Å². The Morgan fingerprint density at radius 2 is 1.67 bits per heavy atom. The van der Waals surface area contributed by atoms with Crippen molar-refractivity contribution in [1.29, 1.82) is 0 Å².